The van der Waals surface area contributed by atoms with Crippen molar-refractivity contribution >= 4 is 40.6 Å². The fourth-order valence-electron chi connectivity index (χ4n) is 1.66. The first-order chi connectivity index (χ1) is 8.97. The molecule has 0 radical (unpaired) electrons. The maximum atomic E-state index is 13.6. The van der Waals surface area contributed by atoms with Gasteiger partial charge in [0.15, 0.2) is 5.78 Å². The van der Waals surface area contributed by atoms with Crippen LogP contribution in [-0.4, -0.2) is 5.78 Å². The maximum absolute atomic E-state index is 13.6. The molecule has 19 heavy (non-hydrogen) atoms. The summed E-state index contributed by atoms with van der Waals surface area (Å²) < 4.78 is 13.6. The number of hydrogen-bond acceptors (Lipinski definition) is 1. The van der Waals surface area contributed by atoms with Gasteiger partial charge in [-0.3, -0.25) is 4.79 Å². The van der Waals surface area contributed by atoms with Crippen LogP contribution in [0.5, 0.6) is 0 Å². The molecule has 0 aliphatic carbocycles. The highest BCUT2D eigenvalue weighted by molar-refractivity contribution is 6.34. The fourth-order valence-corrected chi connectivity index (χ4v) is 2.21. The quantitative estimate of drug-likeness (QED) is 0.710. The van der Waals surface area contributed by atoms with Gasteiger partial charge < -0.3 is 0 Å². The van der Waals surface area contributed by atoms with E-state index in [1.165, 1.54) is 12.1 Å². The van der Waals surface area contributed by atoms with Gasteiger partial charge in [-0.05, 0) is 42.0 Å². The topological polar surface area (TPSA) is 17.1 Å². The Balaban J connectivity index is 2.30. The standard InChI is InChI=1S/C14H8Cl3FO/c15-9-1-3-12(17)8(5-9)6-14(19)11-7-10(16)2-4-13(11)18/h1-5,7H,6H2. The van der Waals surface area contributed by atoms with Gasteiger partial charge in [0.2, 0.25) is 0 Å². The maximum Gasteiger partial charge on any atom is 0.170 e. The molecule has 0 fully saturated rings. The number of ketones is 1. The zero-order valence-corrected chi connectivity index (χ0v) is 11.9. The van der Waals surface area contributed by atoms with Gasteiger partial charge in [0.25, 0.3) is 0 Å². The van der Waals surface area contributed by atoms with Crippen molar-refractivity contribution in [2.45, 2.75) is 6.42 Å². The minimum atomic E-state index is -0.604. The van der Waals surface area contributed by atoms with Crippen molar-refractivity contribution in [1.82, 2.24) is 0 Å². The van der Waals surface area contributed by atoms with Crippen LogP contribution < -0.4 is 0 Å². The summed E-state index contributed by atoms with van der Waals surface area (Å²) in [5.74, 6) is -1.00. The minimum absolute atomic E-state index is 0.0311. The molecule has 0 aliphatic rings. The largest absolute Gasteiger partial charge is 0.294 e. The Bertz CT molecular complexity index is 641. The van der Waals surface area contributed by atoms with Gasteiger partial charge in [-0.15, -0.1) is 0 Å². The summed E-state index contributed by atoms with van der Waals surface area (Å²) in [6, 6.07) is 8.66. The highest BCUT2D eigenvalue weighted by Crippen LogP contribution is 2.23. The predicted octanol–water partition coefficient (Wildman–Crippen LogP) is 5.21. The SMILES string of the molecule is O=C(Cc1cc(Cl)ccc1Cl)c1cc(Cl)ccc1F. The van der Waals surface area contributed by atoms with E-state index in [0.29, 0.717) is 20.6 Å². The van der Waals surface area contributed by atoms with Crippen LogP contribution in [0.25, 0.3) is 0 Å². The molecule has 0 spiro atoms. The first-order valence-corrected chi connectivity index (χ1v) is 6.53. The molecule has 1 nitrogen and oxygen atoms in total. The Morgan fingerprint density at radius 3 is 2.37 bits per heavy atom. The molecule has 2 rings (SSSR count). The van der Waals surface area contributed by atoms with E-state index in [0.717, 1.165) is 6.07 Å². The van der Waals surface area contributed by atoms with Gasteiger partial charge in [-0.25, -0.2) is 4.39 Å². The van der Waals surface area contributed by atoms with Gasteiger partial charge in [-0.1, -0.05) is 34.8 Å². The summed E-state index contributed by atoms with van der Waals surface area (Å²) in [5, 5.41) is 1.20. The summed E-state index contributed by atoms with van der Waals surface area (Å²) in [6.07, 6.45) is -0.0311. The number of carbonyl (C=O) groups is 1. The van der Waals surface area contributed by atoms with E-state index in [4.69, 9.17) is 34.8 Å². The van der Waals surface area contributed by atoms with Gasteiger partial charge in [0.1, 0.15) is 5.82 Å². The van der Waals surface area contributed by atoms with Crippen LogP contribution in [0.4, 0.5) is 4.39 Å². The zero-order valence-electron chi connectivity index (χ0n) is 9.59. The molecule has 0 atom stereocenters. The number of benzene rings is 2. The third-order valence-electron chi connectivity index (χ3n) is 2.59. The van der Waals surface area contributed by atoms with Crippen LogP contribution in [0.1, 0.15) is 15.9 Å². The van der Waals surface area contributed by atoms with Crippen LogP contribution in [0.2, 0.25) is 15.1 Å². The lowest BCUT2D eigenvalue weighted by Crippen LogP contribution is -2.06. The second-order valence-electron chi connectivity index (χ2n) is 3.96. The molecule has 0 N–H and O–H groups in total. The summed E-state index contributed by atoms with van der Waals surface area (Å²) in [4.78, 5) is 12.1. The molecule has 2 aromatic carbocycles. The average molecular weight is 318 g/mol. The van der Waals surface area contributed by atoms with Gasteiger partial charge in [0.05, 0.1) is 5.56 Å². The molecular weight excluding hydrogens is 310 g/mol. The van der Waals surface area contributed by atoms with Crippen molar-refractivity contribution in [3.63, 3.8) is 0 Å². The molecule has 0 heterocycles. The van der Waals surface area contributed by atoms with E-state index in [1.54, 1.807) is 18.2 Å². The highest BCUT2D eigenvalue weighted by Gasteiger charge is 2.14. The number of Topliss-reactive ketones (excluding diaryl/α,β-unsaturated/α-hetero) is 1. The Morgan fingerprint density at radius 2 is 1.63 bits per heavy atom. The first-order valence-electron chi connectivity index (χ1n) is 5.39. The van der Waals surface area contributed by atoms with Crippen molar-refractivity contribution in [3.8, 4) is 0 Å². The van der Waals surface area contributed by atoms with E-state index in [9.17, 15) is 9.18 Å². The smallest absolute Gasteiger partial charge is 0.170 e. The van der Waals surface area contributed by atoms with Gasteiger partial charge >= 0.3 is 0 Å². The molecule has 5 heteroatoms. The molecular formula is C14H8Cl3FO. The Morgan fingerprint density at radius 1 is 1.00 bits per heavy atom. The van der Waals surface area contributed by atoms with E-state index in [-0.39, 0.29) is 12.0 Å². The van der Waals surface area contributed by atoms with Crippen molar-refractivity contribution < 1.29 is 9.18 Å². The lowest BCUT2D eigenvalue weighted by atomic mass is 10.0. The number of rotatable bonds is 3. The Hall–Kier alpha value is -1.09. The molecule has 0 aromatic heterocycles. The third kappa shape index (κ3) is 3.47. The summed E-state index contributed by atoms with van der Waals surface area (Å²) in [5.41, 5.74) is 0.502. The Kier molecular flexibility index (Phi) is 4.46. The lowest BCUT2D eigenvalue weighted by molar-refractivity contribution is 0.0989. The molecule has 0 saturated carbocycles. The van der Waals surface area contributed by atoms with Crippen molar-refractivity contribution in [1.29, 1.82) is 0 Å². The third-order valence-corrected chi connectivity index (χ3v) is 3.43. The summed E-state index contributed by atoms with van der Waals surface area (Å²) in [7, 11) is 0. The normalized spacial score (nSPS) is 10.5. The summed E-state index contributed by atoms with van der Waals surface area (Å²) >= 11 is 17.6. The van der Waals surface area contributed by atoms with Crippen LogP contribution in [0, 0.1) is 5.82 Å². The second kappa shape index (κ2) is 5.91. The summed E-state index contributed by atoms with van der Waals surface area (Å²) in [6.45, 7) is 0. The van der Waals surface area contributed by atoms with Crippen molar-refractivity contribution in [2.24, 2.45) is 0 Å². The molecule has 0 saturated heterocycles. The van der Waals surface area contributed by atoms with E-state index < -0.39 is 11.6 Å². The molecule has 98 valence electrons. The second-order valence-corrected chi connectivity index (χ2v) is 5.24. The van der Waals surface area contributed by atoms with Crippen LogP contribution in [-0.2, 0) is 6.42 Å². The molecule has 0 unspecified atom stereocenters. The molecule has 0 aliphatic heterocycles. The molecule has 0 amide bonds. The Labute approximate surface area is 124 Å². The molecule has 2 aromatic rings. The average Bonchev–Trinajstić information content (AvgIpc) is 2.36. The zero-order chi connectivity index (χ0) is 14.0. The van der Waals surface area contributed by atoms with E-state index in [1.807, 2.05) is 0 Å². The molecule has 0 bridgehead atoms. The van der Waals surface area contributed by atoms with Crippen LogP contribution >= 0.6 is 34.8 Å². The van der Waals surface area contributed by atoms with Crippen molar-refractivity contribution in [2.75, 3.05) is 0 Å². The monoisotopic (exact) mass is 316 g/mol. The van der Waals surface area contributed by atoms with Crippen molar-refractivity contribution in [3.05, 3.63) is 68.4 Å². The minimum Gasteiger partial charge on any atom is -0.294 e. The first kappa shape index (κ1) is 14.3. The fraction of sp³-hybridized carbons (Fsp3) is 0.0714. The van der Waals surface area contributed by atoms with Crippen LogP contribution in [0.3, 0.4) is 0 Å². The predicted molar refractivity (Wildman–Crippen MR) is 75.9 cm³/mol. The lowest BCUT2D eigenvalue weighted by Gasteiger charge is -2.06. The van der Waals surface area contributed by atoms with Gasteiger partial charge in [0, 0.05) is 21.5 Å². The highest BCUT2D eigenvalue weighted by atomic mass is 35.5. The van der Waals surface area contributed by atoms with E-state index >= 15 is 0 Å². The number of carbonyl (C=O) groups excluding carboxylic acids is 1. The van der Waals surface area contributed by atoms with Crippen LogP contribution in [0.15, 0.2) is 36.4 Å². The number of halogens is 4. The van der Waals surface area contributed by atoms with Gasteiger partial charge in [-0.2, -0.15) is 0 Å². The number of hydrogen-bond donors (Lipinski definition) is 0. The van der Waals surface area contributed by atoms with E-state index in [2.05, 4.69) is 0 Å².